The number of halogens is 2. The van der Waals surface area contributed by atoms with Crippen LogP contribution >= 0.6 is 24.0 Å². The molecule has 1 aromatic rings. The van der Waals surface area contributed by atoms with E-state index in [2.05, 4.69) is 17.1 Å². The van der Waals surface area contributed by atoms with E-state index in [1.165, 1.54) is 19.3 Å². The lowest BCUT2D eigenvalue weighted by molar-refractivity contribution is 0.135. The Hall–Kier alpha value is -0.480. The first-order valence-electron chi connectivity index (χ1n) is 7.62. The molecule has 5 heteroatoms. The van der Waals surface area contributed by atoms with Gasteiger partial charge in [0.15, 0.2) is 0 Å². The molecular weight excluding hydrogens is 307 g/mol. The fourth-order valence-electron chi connectivity index (χ4n) is 2.75. The summed E-state index contributed by atoms with van der Waals surface area (Å²) in [5.41, 5.74) is 0. The second kappa shape index (κ2) is 10.3. The SMILES string of the molecule is CCCN(CCOc1ccc(Cl)cc1)C1CCNCC1.Cl. The normalized spacial score (nSPS) is 15.8. The molecule has 0 bridgehead atoms. The summed E-state index contributed by atoms with van der Waals surface area (Å²) in [6.45, 7) is 7.43. The number of rotatable bonds is 7. The van der Waals surface area contributed by atoms with Crippen molar-refractivity contribution >= 4 is 24.0 Å². The van der Waals surface area contributed by atoms with Gasteiger partial charge < -0.3 is 10.1 Å². The molecule has 1 aliphatic heterocycles. The van der Waals surface area contributed by atoms with Crippen LogP contribution in [0.3, 0.4) is 0 Å². The lowest BCUT2D eigenvalue weighted by atomic mass is 10.0. The molecule has 1 heterocycles. The van der Waals surface area contributed by atoms with Gasteiger partial charge in [0.25, 0.3) is 0 Å². The van der Waals surface area contributed by atoms with Crippen molar-refractivity contribution in [3.05, 3.63) is 29.3 Å². The Morgan fingerprint density at radius 3 is 2.48 bits per heavy atom. The van der Waals surface area contributed by atoms with E-state index in [9.17, 15) is 0 Å². The molecule has 0 radical (unpaired) electrons. The van der Waals surface area contributed by atoms with Crippen LogP contribution in [0.25, 0.3) is 0 Å². The molecule has 0 spiro atoms. The van der Waals surface area contributed by atoms with Crippen molar-refractivity contribution in [2.24, 2.45) is 0 Å². The third-order valence-electron chi connectivity index (χ3n) is 3.80. The quantitative estimate of drug-likeness (QED) is 0.825. The predicted molar refractivity (Wildman–Crippen MR) is 92.0 cm³/mol. The molecular formula is C16H26Cl2N2O. The van der Waals surface area contributed by atoms with Crippen LogP contribution in [0.15, 0.2) is 24.3 Å². The van der Waals surface area contributed by atoms with Gasteiger partial charge in [-0.1, -0.05) is 18.5 Å². The molecule has 1 N–H and O–H groups in total. The average Bonchev–Trinajstić information content (AvgIpc) is 2.49. The minimum Gasteiger partial charge on any atom is -0.492 e. The summed E-state index contributed by atoms with van der Waals surface area (Å²) in [5.74, 6) is 0.899. The summed E-state index contributed by atoms with van der Waals surface area (Å²) in [4.78, 5) is 2.58. The van der Waals surface area contributed by atoms with Gasteiger partial charge in [0.1, 0.15) is 12.4 Å². The monoisotopic (exact) mass is 332 g/mol. The van der Waals surface area contributed by atoms with E-state index in [1.807, 2.05) is 24.3 Å². The van der Waals surface area contributed by atoms with E-state index in [0.717, 1.165) is 43.6 Å². The number of benzene rings is 1. The number of piperidine rings is 1. The van der Waals surface area contributed by atoms with Gasteiger partial charge >= 0.3 is 0 Å². The molecule has 1 aromatic carbocycles. The summed E-state index contributed by atoms with van der Waals surface area (Å²) in [7, 11) is 0. The number of hydrogen-bond acceptors (Lipinski definition) is 3. The molecule has 2 rings (SSSR count). The number of nitrogens with zero attached hydrogens (tertiary/aromatic N) is 1. The Labute approximate surface area is 139 Å². The molecule has 0 aromatic heterocycles. The predicted octanol–water partition coefficient (Wildman–Crippen LogP) is 3.60. The van der Waals surface area contributed by atoms with Gasteiger partial charge in [-0.25, -0.2) is 0 Å². The standard InChI is InChI=1S/C16H25ClN2O.ClH/c1-2-11-19(15-7-9-18-10-8-15)12-13-20-16-5-3-14(17)4-6-16;/h3-6,15,18H,2,7-13H2,1H3;1H. The van der Waals surface area contributed by atoms with Gasteiger partial charge in [0, 0.05) is 17.6 Å². The van der Waals surface area contributed by atoms with Gasteiger partial charge in [0.2, 0.25) is 0 Å². The van der Waals surface area contributed by atoms with Crippen LogP contribution in [-0.2, 0) is 0 Å². The van der Waals surface area contributed by atoms with E-state index in [1.54, 1.807) is 0 Å². The van der Waals surface area contributed by atoms with Gasteiger partial charge in [-0.05, 0) is 63.2 Å². The van der Waals surface area contributed by atoms with Crippen LogP contribution in [0.1, 0.15) is 26.2 Å². The topological polar surface area (TPSA) is 24.5 Å². The molecule has 0 aliphatic carbocycles. The van der Waals surface area contributed by atoms with Crippen molar-refractivity contribution in [1.29, 1.82) is 0 Å². The zero-order valence-electron chi connectivity index (χ0n) is 12.7. The summed E-state index contributed by atoms with van der Waals surface area (Å²) in [6.07, 6.45) is 3.70. The highest BCUT2D eigenvalue weighted by molar-refractivity contribution is 6.30. The van der Waals surface area contributed by atoms with E-state index >= 15 is 0 Å². The Balaban J connectivity index is 0.00000220. The summed E-state index contributed by atoms with van der Waals surface area (Å²) in [6, 6.07) is 8.31. The summed E-state index contributed by atoms with van der Waals surface area (Å²) in [5, 5.41) is 4.18. The third kappa shape index (κ3) is 6.43. The largest absolute Gasteiger partial charge is 0.492 e. The molecule has 1 aliphatic rings. The second-order valence-corrected chi connectivity index (χ2v) is 5.76. The van der Waals surface area contributed by atoms with Gasteiger partial charge in [0.05, 0.1) is 0 Å². The van der Waals surface area contributed by atoms with Crippen LogP contribution in [0.5, 0.6) is 5.75 Å². The van der Waals surface area contributed by atoms with Crippen molar-refractivity contribution in [1.82, 2.24) is 10.2 Å². The van der Waals surface area contributed by atoms with Gasteiger partial charge in [-0.2, -0.15) is 0 Å². The number of ether oxygens (including phenoxy) is 1. The van der Waals surface area contributed by atoms with E-state index in [0.29, 0.717) is 6.04 Å². The van der Waals surface area contributed by atoms with Crippen molar-refractivity contribution < 1.29 is 4.74 Å². The molecule has 0 unspecified atom stereocenters. The minimum absolute atomic E-state index is 0. The molecule has 0 amide bonds. The molecule has 0 atom stereocenters. The molecule has 120 valence electrons. The highest BCUT2D eigenvalue weighted by Gasteiger charge is 2.19. The van der Waals surface area contributed by atoms with E-state index < -0.39 is 0 Å². The highest BCUT2D eigenvalue weighted by atomic mass is 35.5. The fourth-order valence-corrected chi connectivity index (χ4v) is 2.87. The Bertz CT molecular complexity index is 380. The Morgan fingerprint density at radius 1 is 1.19 bits per heavy atom. The Kier molecular flexibility index (Phi) is 9.09. The fraction of sp³-hybridized carbons (Fsp3) is 0.625. The van der Waals surface area contributed by atoms with Crippen molar-refractivity contribution in [2.75, 3.05) is 32.8 Å². The van der Waals surface area contributed by atoms with Crippen LogP contribution in [-0.4, -0.2) is 43.7 Å². The van der Waals surface area contributed by atoms with Crippen LogP contribution in [0.2, 0.25) is 5.02 Å². The summed E-state index contributed by atoms with van der Waals surface area (Å²) < 4.78 is 5.81. The lowest BCUT2D eigenvalue weighted by Gasteiger charge is -2.34. The first-order valence-corrected chi connectivity index (χ1v) is 8.00. The first kappa shape index (κ1) is 18.6. The second-order valence-electron chi connectivity index (χ2n) is 5.32. The minimum atomic E-state index is 0. The third-order valence-corrected chi connectivity index (χ3v) is 4.05. The van der Waals surface area contributed by atoms with Crippen molar-refractivity contribution in [2.45, 2.75) is 32.2 Å². The van der Waals surface area contributed by atoms with E-state index in [-0.39, 0.29) is 12.4 Å². The molecule has 21 heavy (non-hydrogen) atoms. The van der Waals surface area contributed by atoms with Crippen LogP contribution in [0.4, 0.5) is 0 Å². The first-order chi connectivity index (χ1) is 9.79. The molecule has 1 fully saturated rings. The van der Waals surface area contributed by atoms with E-state index in [4.69, 9.17) is 16.3 Å². The maximum atomic E-state index is 5.87. The van der Waals surface area contributed by atoms with Gasteiger partial charge in [-0.15, -0.1) is 12.4 Å². The zero-order chi connectivity index (χ0) is 14.2. The lowest BCUT2D eigenvalue weighted by Crippen LogP contribution is -2.45. The van der Waals surface area contributed by atoms with Crippen LogP contribution in [0, 0.1) is 0 Å². The maximum Gasteiger partial charge on any atom is 0.119 e. The summed E-state index contributed by atoms with van der Waals surface area (Å²) >= 11 is 5.87. The highest BCUT2D eigenvalue weighted by Crippen LogP contribution is 2.16. The van der Waals surface area contributed by atoms with Crippen LogP contribution < -0.4 is 10.1 Å². The maximum absolute atomic E-state index is 5.87. The zero-order valence-corrected chi connectivity index (χ0v) is 14.3. The number of nitrogens with one attached hydrogen (secondary N) is 1. The van der Waals surface area contributed by atoms with Crippen molar-refractivity contribution in [3.63, 3.8) is 0 Å². The Morgan fingerprint density at radius 2 is 1.86 bits per heavy atom. The smallest absolute Gasteiger partial charge is 0.119 e. The van der Waals surface area contributed by atoms with Gasteiger partial charge in [-0.3, -0.25) is 4.90 Å². The van der Waals surface area contributed by atoms with Crippen molar-refractivity contribution in [3.8, 4) is 5.75 Å². The average molecular weight is 333 g/mol. The molecule has 3 nitrogen and oxygen atoms in total. The molecule has 1 saturated heterocycles. The number of hydrogen-bond donors (Lipinski definition) is 1. The molecule has 0 saturated carbocycles.